The molecule has 7 unspecified atom stereocenters. The number of aryl methyl sites for hydroxylation is 1. The fourth-order valence-corrected chi connectivity index (χ4v) is 9.58. The van der Waals surface area contributed by atoms with Gasteiger partial charge in [0.1, 0.15) is 6.10 Å². The van der Waals surface area contributed by atoms with Gasteiger partial charge in [-0.2, -0.15) is 0 Å². The van der Waals surface area contributed by atoms with Gasteiger partial charge in [-0.15, -0.1) is 0 Å². The van der Waals surface area contributed by atoms with Gasteiger partial charge in [-0.1, -0.05) is 117 Å². The molecule has 1 N–H and O–H groups in total. The number of unbranched alkanes of at least 4 members (excludes halogenated alkanes) is 1. The topological polar surface area (TPSA) is 38.3 Å². The van der Waals surface area contributed by atoms with Gasteiger partial charge >= 0.3 is 6.09 Å². The van der Waals surface area contributed by atoms with Crippen molar-refractivity contribution in [3.8, 4) is 0 Å². The monoisotopic (exact) mass is 594 g/mol. The van der Waals surface area contributed by atoms with Crippen LogP contribution in [0.1, 0.15) is 144 Å². The normalized spacial score (nSPS) is 32.5. The number of allylic oxidation sites excluding steroid dienone is 1. The molecule has 0 aromatic heterocycles. The number of carbonyl (C=O) groups excluding carboxylic acids is 1. The molecular weight excluding hydrogens is 526 g/mol. The third-order valence-corrected chi connectivity index (χ3v) is 11.9. The number of hydrogen-bond acceptors (Lipinski definition) is 2. The standard InChI is InChI=1S/C36H55NO2.2C2H6/c1-26(2)11-8-9-15-28-17-19-32-31-18-16-29-25-30(20-22-36(29,4)33(31)21-23-35(28,32)3)39-34(38)37-24-10-14-27-12-6-5-7-13-27;2*1-2/h5-7,12-13,16,26,28,30-33H,8-11,14-15,17-25H2,1-4H3,(H,37,38);2*1-2H3. The number of rotatable bonds is 10. The van der Waals surface area contributed by atoms with E-state index in [2.05, 4.69) is 63.4 Å². The second-order valence-corrected chi connectivity index (χ2v) is 14.5. The highest BCUT2D eigenvalue weighted by molar-refractivity contribution is 5.67. The Bertz CT molecular complexity index is 985. The lowest BCUT2D eigenvalue weighted by atomic mass is 9.47. The average Bonchev–Trinajstić information content (AvgIpc) is 3.36. The second-order valence-electron chi connectivity index (χ2n) is 14.5. The van der Waals surface area contributed by atoms with E-state index in [1.807, 2.05) is 33.8 Å². The summed E-state index contributed by atoms with van der Waals surface area (Å²) >= 11 is 0. The Morgan fingerprint density at radius 3 is 2.40 bits per heavy atom. The summed E-state index contributed by atoms with van der Waals surface area (Å²) in [6.45, 7) is 18.6. The Hall–Kier alpha value is -1.77. The number of benzene rings is 1. The minimum Gasteiger partial charge on any atom is -0.446 e. The van der Waals surface area contributed by atoms with Gasteiger partial charge in [-0.05, 0) is 110 Å². The molecular formula is C40H67NO2. The van der Waals surface area contributed by atoms with Gasteiger partial charge in [0.15, 0.2) is 0 Å². The summed E-state index contributed by atoms with van der Waals surface area (Å²) in [4.78, 5) is 12.6. The quantitative estimate of drug-likeness (QED) is 0.216. The first kappa shape index (κ1) is 35.7. The van der Waals surface area contributed by atoms with E-state index in [4.69, 9.17) is 4.74 Å². The van der Waals surface area contributed by atoms with E-state index in [0.717, 1.165) is 55.3 Å². The van der Waals surface area contributed by atoms with Gasteiger partial charge in [-0.25, -0.2) is 4.79 Å². The van der Waals surface area contributed by atoms with Crippen molar-refractivity contribution < 1.29 is 9.53 Å². The maximum atomic E-state index is 12.6. The van der Waals surface area contributed by atoms with Crippen molar-refractivity contribution in [2.45, 2.75) is 151 Å². The number of alkyl carbamates (subject to hydrolysis) is 1. The second kappa shape index (κ2) is 17.1. The third-order valence-electron chi connectivity index (χ3n) is 11.9. The van der Waals surface area contributed by atoms with Gasteiger partial charge < -0.3 is 10.1 Å². The first-order chi connectivity index (χ1) is 20.8. The Morgan fingerprint density at radius 2 is 1.67 bits per heavy atom. The fourth-order valence-electron chi connectivity index (χ4n) is 9.58. The summed E-state index contributed by atoms with van der Waals surface area (Å²) in [5.41, 5.74) is 3.80. The van der Waals surface area contributed by atoms with Crippen LogP contribution in [0.15, 0.2) is 42.0 Å². The largest absolute Gasteiger partial charge is 0.446 e. The Kier molecular flexibility index (Phi) is 14.2. The number of fused-ring (bicyclic) bond motifs is 5. The van der Waals surface area contributed by atoms with Crippen LogP contribution in [0.25, 0.3) is 0 Å². The molecule has 0 bridgehead atoms. The highest BCUT2D eigenvalue weighted by Gasteiger charge is 2.58. The van der Waals surface area contributed by atoms with E-state index in [1.54, 1.807) is 5.57 Å². The van der Waals surface area contributed by atoms with E-state index in [9.17, 15) is 4.79 Å². The molecule has 1 aromatic rings. The lowest BCUT2D eigenvalue weighted by Gasteiger charge is -2.58. The fraction of sp³-hybridized carbons (Fsp3) is 0.775. The van der Waals surface area contributed by atoms with Crippen molar-refractivity contribution in [3.05, 3.63) is 47.5 Å². The molecule has 244 valence electrons. The van der Waals surface area contributed by atoms with Crippen molar-refractivity contribution in [2.75, 3.05) is 6.54 Å². The molecule has 0 saturated heterocycles. The van der Waals surface area contributed by atoms with Gasteiger partial charge in [0, 0.05) is 13.0 Å². The van der Waals surface area contributed by atoms with Crippen LogP contribution >= 0.6 is 0 Å². The van der Waals surface area contributed by atoms with E-state index in [1.165, 1.54) is 69.8 Å². The molecule has 7 atom stereocenters. The third kappa shape index (κ3) is 8.70. The van der Waals surface area contributed by atoms with Crippen LogP contribution in [0.5, 0.6) is 0 Å². The van der Waals surface area contributed by atoms with Crippen molar-refractivity contribution in [2.24, 2.45) is 40.4 Å². The first-order valence-corrected chi connectivity index (χ1v) is 18.5. The van der Waals surface area contributed by atoms with E-state index >= 15 is 0 Å². The van der Waals surface area contributed by atoms with Crippen LogP contribution < -0.4 is 5.32 Å². The molecule has 3 saturated carbocycles. The molecule has 3 fully saturated rings. The molecule has 4 aliphatic rings. The smallest absolute Gasteiger partial charge is 0.407 e. The number of hydrogen-bond donors (Lipinski definition) is 1. The van der Waals surface area contributed by atoms with Crippen LogP contribution in [0, 0.1) is 40.4 Å². The minimum absolute atomic E-state index is 0.0329. The number of carbonyl (C=O) groups is 1. The van der Waals surface area contributed by atoms with Crippen LogP contribution in [0.3, 0.4) is 0 Å². The Labute approximate surface area is 266 Å². The van der Waals surface area contributed by atoms with Gasteiger partial charge in [0.05, 0.1) is 0 Å². The molecule has 43 heavy (non-hydrogen) atoms. The average molecular weight is 594 g/mol. The zero-order chi connectivity index (χ0) is 31.5. The maximum Gasteiger partial charge on any atom is 0.407 e. The molecule has 5 rings (SSSR count). The van der Waals surface area contributed by atoms with Crippen molar-refractivity contribution in [1.29, 1.82) is 0 Å². The van der Waals surface area contributed by atoms with Crippen molar-refractivity contribution >= 4 is 6.09 Å². The molecule has 0 spiro atoms. The van der Waals surface area contributed by atoms with Crippen LogP contribution in [0.4, 0.5) is 4.79 Å². The van der Waals surface area contributed by atoms with Crippen molar-refractivity contribution in [1.82, 2.24) is 5.32 Å². The molecule has 0 aliphatic heterocycles. The zero-order valence-electron chi connectivity index (χ0n) is 29.4. The van der Waals surface area contributed by atoms with Crippen LogP contribution in [-0.4, -0.2) is 18.7 Å². The molecule has 1 aromatic carbocycles. The van der Waals surface area contributed by atoms with E-state index in [-0.39, 0.29) is 12.2 Å². The summed E-state index contributed by atoms with van der Waals surface area (Å²) in [6.07, 6.45) is 20.2. The van der Waals surface area contributed by atoms with Gasteiger partial charge in [0.2, 0.25) is 0 Å². The van der Waals surface area contributed by atoms with Gasteiger partial charge in [-0.3, -0.25) is 0 Å². The first-order valence-electron chi connectivity index (χ1n) is 18.5. The van der Waals surface area contributed by atoms with Crippen LogP contribution in [-0.2, 0) is 11.2 Å². The molecule has 1 amide bonds. The van der Waals surface area contributed by atoms with Crippen molar-refractivity contribution in [3.63, 3.8) is 0 Å². The summed E-state index contributed by atoms with van der Waals surface area (Å²) in [5, 5.41) is 3.00. The molecule has 3 heteroatoms. The minimum atomic E-state index is -0.232. The van der Waals surface area contributed by atoms with Gasteiger partial charge in [0.25, 0.3) is 0 Å². The SMILES string of the molecule is CC.CC.CC(C)CCCCC1CCC2C3CC=C4CC(OC(=O)NCCCc5ccccc5)CCC4(C)C3CCC12C. The number of ether oxygens (including phenoxy) is 1. The lowest BCUT2D eigenvalue weighted by molar-refractivity contribution is -0.0519. The summed E-state index contributed by atoms with van der Waals surface area (Å²) in [6, 6.07) is 10.5. The molecule has 4 aliphatic carbocycles. The molecule has 0 heterocycles. The summed E-state index contributed by atoms with van der Waals surface area (Å²) < 4.78 is 5.94. The predicted molar refractivity (Wildman–Crippen MR) is 184 cm³/mol. The maximum absolute atomic E-state index is 12.6. The van der Waals surface area contributed by atoms with E-state index in [0.29, 0.717) is 17.4 Å². The van der Waals surface area contributed by atoms with Crippen LogP contribution in [0.2, 0.25) is 0 Å². The molecule has 0 radical (unpaired) electrons. The van der Waals surface area contributed by atoms with E-state index < -0.39 is 0 Å². The number of nitrogens with one attached hydrogen (secondary N) is 1. The zero-order valence-corrected chi connectivity index (χ0v) is 29.4. The molecule has 3 nitrogen and oxygen atoms in total. The Balaban J connectivity index is 0.00000121. The highest BCUT2D eigenvalue weighted by atomic mass is 16.6. The Morgan fingerprint density at radius 1 is 0.930 bits per heavy atom. The highest BCUT2D eigenvalue weighted by Crippen LogP contribution is 2.66. The predicted octanol–water partition coefficient (Wildman–Crippen LogP) is 11.6. The summed E-state index contributed by atoms with van der Waals surface area (Å²) in [5.74, 6) is 4.39. The number of amides is 1. The summed E-state index contributed by atoms with van der Waals surface area (Å²) in [7, 11) is 0. The lowest BCUT2D eigenvalue weighted by Crippen LogP contribution is -2.50.